The summed E-state index contributed by atoms with van der Waals surface area (Å²) < 4.78 is 32.1. The summed E-state index contributed by atoms with van der Waals surface area (Å²) in [7, 11) is 1.63. The first-order valence-corrected chi connectivity index (χ1v) is 6.41. The SMILES string of the molecule is CCCOc1nc(NC)nc(Nc2cc(F)ccc2F)n1. The number of anilines is 3. The predicted octanol–water partition coefficient (Wildman–Crippen LogP) is 2.72. The van der Waals surface area contributed by atoms with Crippen LogP contribution in [-0.2, 0) is 0 Å². The van der Waals surface area contributed by atoms with E-state index in [-0.39, 0.29) is 23.6 Å². The van der Waals surface area contributed by atoms with Gasteiger partial charge >= 0.3 is 6.01 Å². The summed E-state index contributed by atoms with van der Waals surface area (Å²) in [5.74, 6) is -0.858. The molecule has 0 spiro atoms. The van der Waals surface area contributed by atoms with E-state index in [4.69, 9.17) is 4.74 Å². The van der Waals surface area contributed by atoms with Crippen molar-refractivity contribution in [2.45, 2.75) is 13.3 Å². The molecule has 1 aromatic carbocycles. The van der Waals surface area contributed by atoms with Crippen molar-refractivity contribution in [1.29, 1.82) is 0 Å². The van der Waals surface area contributed by atoms with Gasteiger partial charge in [-0.1, -0.05) is 6.92 Å². The molecule has 112 valence electrons. The first kappa shape index (κ1) is 14.9. The van der Waals surface area contributed by atoms with Crippen LogP contribution in [0.5, 0.6) is 6.01 Å². The van der Waals surface area contributed by atoms with Gasteiger partial charge in [-0.25, -0.2) is 8.78 Å². The maximum atomic E-state index is 13.6. The van der Waals surface area contributed by atoms with Crippen LogP contribution < -0.4 is 15.4 Å². The second-order valence-corrected chi connectivity index (χ2v) is 4.11. The molecule has 8 heteroatoms. The zero-order valence-electron chi connectivity index (χ0n) is 11.7. The lowest BCUT2D eigenvalue weighted by atomic mass is 10.3. The van der Waals surface area contributed by atoms with Crippen molar-refractivity contribution in [1.82, 2.24) is 15.0 Å². The van der Waals surface area contributed by atoms with Crippen LogP contribution in [0.4, 0.5) is 26.4 Å². The maximum absolute atomic E-state index is 13.6. The molecule has 0 unspecified atom stereocenters. The molecule has 0 aliphatic rings. The van der Waals surface area contributed by atoms with Crippen LogP contribution in [0, 0.1) is 11.6 Å². The zero-order valence-corrected chi connectivity index (χ0v) is 11.7. The van der Waals surface area contributed by atoms with Crippen LogP contribution >= 0.6 is 0 Å². The summed E-state index contributed by atoms with van der Waals surface area (Å²) in [4.78, 5) is 12.0. The minimum Gasteiger partial charge on any atom is -0.463 e. The molecule has 21 heavy (non-hydrogen) atoms. The Labute approximate surface area is 120 Å². The zero-order chi connectivity index (χ0) is 15.2. The fourth-order valence-electron chi connectivity index (χ4n) is 1.50. The summed E-state index contributed by atoms with van der Waals surface area (Å²) in [5.41, 5.74) is -0.0651. The molecule has 2 N–H and O–H groups in total. The van der Waals surface area contributed by atoms with Crippen LogP contribution in [0.3, 0.4) is 0 Å². The Hall–Kier alpha value is -2.51. The second-order valence-electron chi connectivity index (χ2n) is 4.11. The second kappa shape index (κ2) is 6.78. The third kappa shape index (κ3) is 3.98. The number of rotatable bonds is 6. The van der Waals surface area contributed by atoms with Crippen LogP contribution in [0.2, 0.25) is 0 Å². The number of nitrogens with zero attached hydrogens (tertiary/aromatic N) is 3. The first-order chi connectivity index (χ1) is 10.1. The molecule has 0 atom stereocenters. The van der Waals surface area contributed by atoms with Crippen molar-refractivity contribution in [3.8, 4) is 6.01 Å². The number of aromatic nitrogens is 3. The van der Waals surface area contributed by atoms with E-state index in [0.717, 1.165) is 24.6 Å². The lowest BCUT2D eigenvalue weighted by Gasteiger charge is -2.09. The number of halogens is 2. The van der Waals surface area contributed by atoms with Gasteiger partial charge in [-0.2, -0.15) is 15.0 Å². The summed E-state index contributed by atoms with van der Waals surface area (Å²) in [6.07, 6.45) is 0.794. The quantitative estimate of drug-likeness (QED) is 0.853. The minimum atomic E-state index is -0.612. The highest BCUT2D eigenvalue weighted by atomic mass is 19.1. The van der Waals surface area contributed by atoms with Gasteiger partial charge in [0.15, 0.2) is 0 Å². The van der Waals surface area contributed by atoms with E-state index in [1.165, 1.54) is 0 Å². The molecule has 2 rings (SSSR count). The molecule has 0 saturated heterocycles. The van der Waals surface area contributed by atoms with Gasteiger partial charge in [-0.15, -0.1) is 0 Å². The summed E-state index contributed by atoms with van der Waals surface area (Å²) >= 11 is 0. The lowest BCUT2D eigenvalue weighted by molar-refractivity contribution is 0.292. The van der Waals surface area contributed by atoms with E-state index in [1.54, 1.807) is 7.05 Å². The number of hydrogen-bond donors (Lipinski definition) is 2. The van der Waals surface area contributed by atoms with E-state index in [0.29, 0.717) is 6.61 Å². The standard InChI is InChI=1S/C13H15F2N5O/c1-3-6-21-13-19-11(16-2)18-12(20-13)17-10-7-8(14)4-5-9(10)15/h4-5,7H,3,6H2,1-2H3,(H2,16,17,18,19,20). The van der Waals surface area contributed by atoms with Crippen molar-refractivity contribution in [3.05, 3.63) is 29.8 Å². The molecule has 0 amide bonds. The van der Waals surface area contributed by atoms with Gasteiger partial charge in [-0.3, -0.25) is 0 Å². The van der Waals surface area contributed by atoms with Gasteiger partial charge in [-0.05, 0) is 18.6 Å². The van der Waals surface area contributed by atoms with Crippen molar-refractivity contribution in [2.75, 3.05) is 24.3 Å². The van der Waals surface area contributed by atoms with E-state index < -0.39 is 11.6 Å². The van der Waals surface area contributed by atoms with Crippen molar-refractivity contribution in [2.24, 2.45) is 0 Å². The number of benzene rings is 1. The van der Waals surface area contributed by atoms with Gasteiger partial charge in [0.25, 0.3) is 0 Å². The molecule has 2 aromatic rings. The van der Waals surface area contributed by atoms with Crippen molar-refractivity contribution >= 4 is 17.6 Å². The lowest BCUT2D eigenvalue weighted by Crippen LogP contribution is -2.08. The molecule has 0 aliphatic carbocycles. The predicted molar refractivity (Wildman–Crippen MR) is 74.8 cm³/mol. The Morgan fingerprint density at radius 1 is 1.14 bits per heavy atom. The van der Waals surface area contributed by atoms with Crippen LogP contribution in [-0.4, -0.2) is 28.6 Å². The molecule has 0 bridgehead atoms. The highest BCUT2D eigenvalue weighted by Gasteiger charge is 2.10. The molecule has 0 radical (unpaired) electrons. The Morgan fingerprint density at radius 3 is 2.62 bits per heavy atom. The van der Waals surface area contributed by atoms with Crippen LogP contribution in [0.25, 0.3) is 0 Å². The van der Waals surface area contributed by atoms with E-state index >= 15 is 0 Å². The number of hydrogen-bond acceptors (Lipinski definition) is 6. The molecule has 0 aliphatic heterocycles. The average Bonchev–Trinajstić information content (AvgIpc) is 2.48. The van der Waals surface area contributed by atoms with Crippen molar-refractivity contribution < 1.29 is 13.5 Å². The minimum absolute atomic E-state index is 0.0601. The summed E-state index contributed by atoms with van der Waals surface area (Å²) in [6, 6.07) is 3.18. The average molecular weight is 295 g/mol. The molecule has 6 nitrogen and oxygen atoms in total. The van der Waals surface area contributed by atoms with Gasteiger partial charge in [0.05, 0.1) is 12.3 Å². The topological polar surface area (TPSA) is 72.0 Å². The first-order valence-electron chi connectivity index (χ1n) is 6.41. The fourth-order valence-corrected chi connectivity index (χ4v) is 1.50. The normalized spacial score (nSPS) is 10.3. The number of nitrogens with one attached hydrogen (secondary N) is 2. The molecular formula is C13H15F2N5O. The van der Waals surface area contributed by atoms with Gasteiger partial charge < -0.3 is 15.4 Å². The van der Waals surface area contributed by atoms with Gasteiger partial charge in [0.2, 0.25) is 11.9 Å². The molecule has 0 saturated carbocycles. The monoisotopic (exact) mass is 295 g/mol. The Balaban J connectivity index is 2.27. The Morgan fingerprint density at radius 2 is 1.90 bits per heavy atom. The fraction of sp³-hybridized carbons (Fsp3) is 0.308. The molecular weight excluding hydrogens is 280 g/mol. The van der Waals surface area contributed by atoms with Gasteiger partial charge in [0, 0.05) is 13.1 Å². The van der Waals surface area contributed by atoms with E-state index in [2.05, 4.69) is 25.6 Å². The highest BCUT2D eigenvalue weighted by molar-refractivity contribution is 5.55. The van der Waals surface area contributed by atoms with E-state index in [1.807, 2.05) is 6.92 Å². The Kier molecular flexibility index (Phi) is 4.81. The maximum Gasteiger partial charge on any atom is 0.323 e. The third-order valence-electron chi connectivity index (χ3n) is 2.45. The smallest absolute Gasteiger partial charge is 0.323 e. The van der Waals surface area contributed by atoms with Crippen molar-refractivity contribution in [3.63, 3.8) is 0 Å². The molecule has 0 fully saturated rings. The van der Waals surface area contributed by atoms with Crippen LogP contribution in [0.1, 0.15) is 13.3 Å². The summed E-state index contributed by atoms with van der Waals surface area (Å²) in [5, 5.41) is 5.35. The van der Waals surface area contributed by atoms with Crippen LogP contribution in [0.15, 0.2) is 18.2 Å². The highest BCUT2D eigenvalue weighted by Crippen LogP contribution is 2.20. The van der Waals surface area contributed by atoms with E-state index in [9.17, 15) is 8.78 Å². The molecule has 1 aromatic heterocycles. The van der Waals surface area contributed by atoms with Gasteiger partial charge in [0.1, 0.15) is 11.6 Å². The number of ether oxygens (including phenoxy) is 1. The Bertz CT molecular complexity index is 624. The molecule has 1 heterocycles. The summed E-state index contributed by atoms with van der Waals surface area (Å²) in [6.45, 7) is 2.39. The third-order valence-corrected chi connectivity index (χ3v) is 2.45. The largest absolute Gasteiger partial charge is 0.463 e.